The van der Waals surface area contributed by atoms with Gasteiger partial charge in [-0.3, -0.25) is 14.5 Å². The zero-order valence-electron chi connectivity index (χ0n) is 18.3. The molecule has 31 heavy (non-hydrogen) atoms. The van der Waals surface area contributed by atoms with E-state index in [0.717, 1.165) is 30.1 Å². The van der Waals surface area contributed by atoms with Crippen molar-refractivity contribution >= 4 is 17.6 Å². The number of benzene rings is 2. The Morgan fingerprint density at radius 1 is 0.935 bits per heavy atom. The van der Waals surface area contributed by atoms with Gasteiger partial charge in [-0.2, -0.15) is 0 Å². The lowest BCUT2D eigenvalue weighted by molar-refractivity contribution is -0.145. The SMILES string of the molecule is CCOC(=O)CN(CC(=O)N1CCN(c2ccc(OC)cc2)CC1)Cc1ccccc1. The van der Waals surface area contributed by atoms with Crippen molar-refractivity contribution in [2.24, 2.45) is 0 Å². The van der Waals surface area contributed by atoms with Crippen LogP contribution in [0, 0.1) is 0 Å². The number of hydrogen-bond acceptors (Lipinski definition) is 6. The lowest BCUT2D eigenvalue weighted by Gasteiger charge is -2.37. The Balaban J connectivity index is 1.56. The van der Waals surface area contributed by atoms with Crippen LogP contribution in [0.5, 0.6) is 5.75 Å². The van der Waals surface area contributed by atoms with E-state index in [1.807, 2.05) is 64.4 Å². The largest absolute Gasteiger partial charge is 0.497 e. The highest BCUT2D eigenvalue weighted by atomic mass is 16.5. The molecule has 1 aliphatic heterocycles. The van der Waals surface area contributed by atoms with Crippen molar-refractivity contribution < 1.29 is 19.1 Å². The number of hydrogen-bond donors (Lipinski definition) is 0. The first kappa shape index (κ1) is 22.6. The van der Waals surface area contributed by atoms with Crippen LogP contribution in [-0.2, 0) is 20.9 Å². The molecule has 0 aromatic heterocycles. The summed E-state index contributed by atoms with van der Waals surface area (Å²) in [5.41, 5.74) is 2.19. The van der Waals surface area contributed by atoms with Crippen molar-refractivity contribution in [3.05, 3.63) is 60.2 Å². The molecule has 1 saturated heterocycles. The zero-order valence-corrected chi connectivity index (χ0v) is 18.3. The molecule has 0 spiro atoms. The summed E-state index contributed by atoms with van der Waals surface area (Å²) in [5.74, 6) is 0.558. The maximum atomic E-state index is 13.0. The highest BCUT2D eigenvalue weighted by molar-refractivity contribution is 5.80. The molecular formula is C24H31N3O4. The standard InChI is InChI=1S/C24H31N3O4/c1-3-31-24(29)19-25(17-20-7-5-4-6-8-20)18-23(28)27-15-13-26(14-16-27)21-9-11-22(30-2)12-10-21/h4-12H,3,13-19H2,1-2H3. The molecule has 1 heterocycles. The van der Waals surface area contributed by atoms with E-state index in [1.54, 1.807) is 14.0 Å². The van der Waals surface area contributed by atoms with Gasteiger partial charge in [-0.25, -0.2) is 0 Å². The van der Waals surface area contributed by atoms with Gasteiger partial charge in [-0.15, -0.1) is 0 Å². The van der Waals surface area contributed by atoms with Crippen LogP contribution < -0.4 is 9.64 Å². The van der Waals surface area contributed by atoms with Gasteiger partial charge in [-0.05, 0) is 36.8 Å². The van der Waals surface area contributed by atoms with Gasteiger partial charge in [0.1, 0.15) is 5.75 Å². The summed E-state index contributed by atoms with van der Waals surface area (Å²) in [6.07, 6.45) is 0. The van der Waals surface area contributed by atoms with Crippen molar-refractivity contribution in [1.29, 1.82) is 0 Å². The summed E-state index contributed by atoms with van der Waals surface area (Å²) >= 11 is 0. The fourth-order valence-electron chi connectivity index (χ4n) is 3.70. The maximum Gasteiger partial charge on any atom is 0.320 e. The molecule has 1 aliphatic rings. The molecule has 0 aliphatic carbocycles. The number of methoxy groups -OCH3 is 1. The molecule has 0 atom stereocenters. The average molecular weight is 426 g/mol. The summed E-state index contributed by atoms with van der Waals surface area (Å²) in [6, 6.07) is 17.8. The molecule has 2 aromatic rings. The molecule has 1 fully saturated rings. The number of esters is 1. The second-order valence-corrected chi connectivity index (χ2v) is 7.50. The predicted molar refractivity (Wildman–Crippen MR) is 120 cm³/mol. The van der Waals surface area contributed by atoms with Gasteiger partial charge in [-0.1, -0.05) is 30.3 Å². The van der Waals surface area contributed by atoms with Crippen LogP contribution in [0.4, 0.5) is 5.69 Å². The number of ether oxygens (including phenoxy) is 2. The summed E-state index contributed by atoms with van der Waals surface area (Å²) < 4.78 is 10.3. The minimum absolute atomic E-state index is 0.0367. The Labute approximate surface area is 184 Å². The lowest BCUT2D eigenvalue weighted by atomic mass is 10.2. The van der Waals surface area contributed by atoms with E-state index in [9.17, 15) is 9.59 Å². The molecule has 166 valence electrons. The highest BCUT2D eigenvalue weighted by Crippen LogP contribution is 2.20. The topological polar surface area (TPSA) is 62.3 Å². The van der Waals surface area contributed by atoms with Gasteiger partial charge in [0.05, 0.1) is 26.8 Å². The van der Waals surface area contributed by atoms with Crippen LogP contribution in [0.1, 0.15) is 12.5 Å². The molecule has 0 saturated carbocycles. The van der Waals surface area contributed by atoms with Crippen molar-refractivity contribution in [1.82, 2.24) is 9.80 Å². The number of rotatable bonds is 9. The smallest absolute Gasteiger partial charge is 0.320 e. The van der Waals surface area contributed by atoms with Crippen LogP contribution in [0.15, 0.2) is 54.6 Å². The van der Waals surface area contributed by atoms with Crippen LogP contribution >= 0.6 is 0 Å². The minimum Gasteiger partial charge on any atom is -0.497 e. The predicted octanol–water partition coefficient (Wildman–Crippen LogP) is 2.41. The first-order valence-electron chi connectivity index (χ1n) is 10.7. The summed E-state index contributed by atoms with van der Waals surface area (Å²) in [5, 5.41) is 0. The van der Waals surface area contributed by atoms with Crippen LogP contribution in [0.25, 0.3) is 0 Å². The van der Waals surface area contributed by atoms with E-state index in [0.29, 0.717) is 26.2 Å². The van der Waals surface area contributed by atoms with Crippen LogP contribution in [0.3, 0.4) is 0 Å². The van der Waals surface area contributed by atoms with Gasteiger partial charge in [0, 0.05) is 38.4 Å². The quantitative estimate of drug-likeness (QED) is 0.575. The highest BCUT2D eigenvalue weighted by Gasteiger charge is 2.24. The third-order valence-corrected chi connectivity index (χ3v) is 5.34. The number of amides is 1. The molecule has 1 amide bonds. The minimum atomic E-state index is -0.310. The third-order valence-electron chi connectivity index (χ3n) is 5.34. The molecular weight excluding hydrogens is 394 g/mol. The number of nitrogens with zero attached hydrogens (tertiary/aromatic N) is 3. The van der Waals surface area contributed by atoms with Gasteiger partial charge in [0.15, 0.2) is 0 Å². The first-order chi connectivity index (χ1) is 15.1. The first-order valence-corrected chi connectivity index (χ1v) is 10.7. The number of piperazine rings is 1. The fourth-order valence-corrected chi connectivity index (χ4v) is 3.70. The van der Waals surface area contributed by atoms with E-state index in [-0.39, 0.29) is 25.0 Å². The molecule has 0 bridgehead atoms. The molecule has 7 nitrogen and oxygen atoms in total. The number of carbonyl (C=O) groups is 2. The van der Waals surface area contributed by atoms with Crippen molar-refractivity contribution in [2.75, 3.05) is 57.9 Å². The molecule has 0 radical (unpaired) electrons. The second kappa shape index (κ2) is 11.4. The maximum absolute atomic E-state index is 13.0. The van der Waals surface area contributed by atoms with Crippen molar-refractivity contribution in [2.45, 2.75) is 13.5 Å². The van der Waals surface area contributed by atoms with Gasteiger partial charge in [0.2, 0.25) is 5.91 Å². The van der Waals surface area contributed by atoms with Gasteiger partial charge in [0.25, 0.3) is 0 Å². The molecule has 0 unspecified atom stereocenters. The Morgan fingerprint density at radius 2 is 1.61 bits per heavy atom. The Kier molecular flexibility index (Phi) is 8.29. The number of carbonyl (C=O) groups excluding carboxylic acids is 2. The Bertz CT molecular complexity index is 834. The van der Waals surface area contributed by atoms with Crippen LogP contribution in [0.2, 0.25) is 0 Å². The average Bonchev–Trinajstić information content (AvgIpc) is 2.80. The van der Waals surface area contributed by atoms with E-state index in [2.05, 4.69) is 4.90 Å². The van der Waals surface area contributed by atoms with E-state index < -0.39 is 0 Å². The summed E-state index contributed by atoms with van der Waals surface area (Å²) in [6.45, 7) is 5.79. The summed E-state index contributed by atoms with van der Waals surface area (Å²) in [7, 11) is 1.66. The van der Waals surface area contributed by atoms with Crippen LogP contribution in [-0.4, -0.2) is 74.7 Å². The van der Waals surface area contributed by atoms with E-state index in [1.165, 1.54) is 0 Å². The lowest BCUT2D eigenvalue weighted by Crippen LogP contribution is -2.51. The second-order valence-electron chi connectivity index (χ2n) is 7.50. The molecule has 3 rings (SSSR count). The van der Waals surface area contributed by atoms with E-state index >= 15 is 0 Å². The van der Waals surface area contributed by atoms with Crippen molar-refractivity contribution in [3.8, 4) is 5.75 Å². The summed E-state index contributed by atoms with van der Waals surface area (Å²) in [4.78, 5) is 31.0. The van der Waals surface area contributed by atoms with Gasteiger partial charge < -0.3 is 19.3 Å². The Morgan fingerprint density at radius 3 is 2.23 bits per heavy atom. The number of anilines is 1. The Hall–Kier alpha value is -3.06. The fraction of sp³-hybridized carbons (Fsp3) is 0.417. The van der Waals surface area contributed by atoms with Crippen molar-refractivity contribution in [3.63, 3.8) is 0 Å². The normalized spacial score (nSPS) is 13.9. The molecule has 2 aromatic carbocycles. The van der Waals surface area contributed by atoms with Gasteiger partial charge >= 0.3 is 5.97 Å². The molecule has 7 heteroatoms. The third kappa shape index (κ3) is 6.72. The van der Waals surface area contributed by atoms with E-state index in [4.69, 9.17) is 9.47 Å². The monoisotopic (exact) mass is 425 g/mol. The zero-order chi connectivity index (χ0) is 22.1. The molecule has 0 N–H and O–H groups in total.